The predicted molar refractivity (Wildman–Crippen MR) is 197 cm³/mol. The smallest absolute Gasteiger partial charge is 0.282 e. The van der Waals surface area contributed by atoms with Crippen LogP contribution >= 0.6 is 7.92 Å². The third-order valence-electron chi connectivity index (χ3n) is 8.73. The van der Waals surface area contributed by atoms with E-state index in [2.05, 4.69) is 0 Å². The maximum atomic E-state index is 11.2. The average Bonchev–Trinajstić information content (AvgIpc) is 3.04. The Morgan fingerprint density at radius 1 is 0.347 bits per heavy atom. The molecule has 0 fully saturated rings. The van der Waals surface area contributed by atoms with E-state index in [1.807, 2.05) is 0 Å². The van der Waals surface area contributed by atoms with Crippen molar-refractivity contribution < 1.29 is 38.9 Å². The van der Waals surface area contributed by atoms with Crippen LogP contribution in [0, 0.1) is 0 Å². The molecule has 0 unspecified atom stereocenters. The van der Waals surface area contributed by atoms with Crippen molar-refractivity contribution in [2.75, 3.05) is 18.5 Å². The van der Waals surface area contributed by atoms with E-state index in [0.29, 0.717) is 0 Å². The van der Waals surface area contributed by atoms with E-state index in [4.69, 9.17) is 13.7 Å². The van der Waals surface area contributed by atoms with E-state index in [9.17, 15) is 25.3 Å². The van der Waals surface area contributed by atoms with E-state index < -0.39 is 30.4 Å². The molecule has 0 aromatic heterocycles. The van der Waals surface area contributed by atoms with Crippen LogP contribution in [0.2, 0.25) is 0 Å². The van der Waals surface area contributed by atoms with Crippen LogP contribution in [-0.4, -0.2) is 57.4 Å². The molecule has 3 N–H and O–H groups in total. The lowest BCUT2D eigenvalue weighted by molar-refractivity contribution is 0.481. The van der Waals surface area contributed by atoms with Gasteiger partial charge in [0, 0.05) is 0 Å². The molecule has 0 spiro atoms. The Bertz CT molecular complexity index is 1520. The van der Waals surface area contributed by atoms with Crippen molar-refractivity contribution in [3.05, 3.63) is 89.5 Å². The Kier molecular flexibility index (Phi) is 17.4. The highest BCUT2D eigenvalue weighted by atomic mass is 32.2. The predicted octanol–water partition coefficient (Wildman–Crippen LogP) is 8.62. The van der Waals surface area contributed by atoms with Gasteiger partial charge in [-0.3, -0.25) is 13.7 Å². The molecule has 13 heteroatoms. The van der Waals surface area contributed by atoms with Crippen molar-refractivity contribution in [3.8, 4) is 0 Å². The van der Waals surface area contributed by atoms with Gasteiger partial charge in [-0.05, 0) is 129 Å². The first-order valence-electron chi connectivity index (χ1n) is 17.1. The molecule has 0 aliphatic carbocycles. The molecule has 0 bridgehead atoms. The summed E-state index contributed by atoms with van der Waals surface area (Å²) < 4.78 is 94.9. The average molecular weight is 755 g/mol. The van der Waals surface area contributed by atoms with E-state index in [-0.39, 0.29) is 22.6 Å². The maximum Gasteiger partial charge on any atom is 0.294 e. The van der Waals surface area contributed by atoms with Crippen LogP contribution in [0.4, 0.5) is 0 Å². The highest BCUT2D eigenvalue weighted by Crippen LogP contribution is 2.39. The number of hydrogen-bond acceptors (Lipinski definition) is 6. The molecule has 0 saturated carbocycles. The Morgan fingerprint density at radius 2 is 0.571 bits per heavy atom. The summed E-state index contributed by atoms with van der Waals surface area (Å²) in [6.07, 6.45) is 20.2. The molecule has 9 nitrogen and oxygen atoms in total. The van der Waals surface area contributed by atoms with Crippen LogP contribution in [0.3, 0.4) is 0 Å². The summed E-state index contributed by atoms with van der Waals surface area (Å²) in [5.41, 5.74) is 3.21. The van der Waals surface area contributed by atoms with Gasteiger partial charge in [0.1, 0.15) is 0 Å². The van der Waals surface area contributed by atoms with Crippen LogP contribution in [0.25, 0.3) is 0 Å². The van der Waals surface area contributed by atoms with Gasteiger partial charge < -0.3 is 0 Å². The van der Waals surface area contributed by atoms with Gasteiger partial charge in [0.05, 0.1) is 14.7 Å². The van der Waals surface area contributed by atoms with Gasteiger partial charge in [0.2, 0.25) is 0 Å². The second-order valence-corrected chi connectivity index (χ2v) is 19.6. The first-order valence-corrected chi connectivity index (χ1v) is 23.4. The number of rotatable bonds is 24. The lowest BCUT2D eigenvalue weighted by atomic mass is 10.1. The van der Waals surface area contributed by atoms with Gasteiger partial charge in [-0.25, -0.2) is 0 Å². The van der Waals surface area contributed by atoms with Crippen molar-refractivity contribution >= 4 is 38.3 Å². The van der Waals surface area contributed by atoms with E-state index >= 15 is 0 Å². The topological polar surface area (TPSA) is 163 Å². The SMILES string of the molecule is O=S(=O)(O)c1ccc(CCCCCCP(CCCCCCc2ccc(S(=O)(=O)O)cc2)CCCCCCc2ccc(S(=O)(=O)O)cc2)cc1. The third-order valence-corrected chi connectivity index (χ3v) is 14.2. The number of benzene rings is 3. The van der Waals surface area contributed by atoms with Gasteiger partial charge in [0.15, 0.2) is 0 Å². The summed E-state index contributed by atoms with van der Waals surface area (Å²) in [6.45, 7) is 0. The molecule has 3 aromatic rings. The molecule has 0 saturated heterocycles. The minimum Gasteiger partial charge on any atom is -0.282 e. The van der Waals surface area contributed by atoms with Crippen molar-refractivity contribution in [2.24, 2.45) is 0 Å². The zero-order chi connectivity index (χ0) is 35.8. The van der Waals surface area contributed by atoms with Gasteiger partial charge in [-0.1, -0.05) is 74.9 Å². The van der Waals surface area contributed by atoms with Gasteiger partial charge in [-0.15, -0.1) is 7.92 Å². The summed E-state index contributed by atoms with van der Waals surface area (Å²) in [4.78, 5) is -0.234. The van der Waals surface area contributed by atoms with Crippen LogP contribution < -0.4 is 0 Å². The van der Waals surface area contributed by atoms with Crippen LogP contribution in [-0.2, 0) is 49.6 Å². The lowest BCUT2D eigenvalue weighted by Gasteiger charge is -2.18. The lowest BCUT2D eigenvalue weighted by Crippen LogP contribution is -1.99. The monoisotopic (exact) mass is 754 g/mol. The first-order chi connectivity index (χ1) is 23.2. The number of hydrogen-bond donors (Lipinski definition) is 3. The Morgan fingerprint density at radius 3 is 0.796 bits per heavy atom. The summed E-state index contributed by atoms with van der Waals surface area (Å²) >= 11 is 0. The number of aryl methyl sites for hydroxylation is 3. The fourth-order valence-electron chi connectivity index (χ4n) is 5.87. The number of unbranched alkanes of at least 4 members (excludes halogenated alkanes) is 9. The van der Waals surface area contributed by atoms with Gasteiger partial charge in [0.25, 0.3) is 30.4 Å². The highest BCUT2D eigenvalue weighted by molar-refractivity contribution is 7.86. The summed E-state index contributed by atoms with van der Waals surface area (Å²) in [6, 6.07) is 19.3. The second kappa shape index (κ2) is 20.6. The Labute approximate surface area is 295 Å². The van der Waals surface area contributed by atoms with Crippen molar-refractivity contribution in [1.82, 2.24) is 0 Å². The fraction of sp³-hybridized carbons (Fsp3) is 0.500. The van der Waals surface area contributed by atoms with Crippen LogP contribution in [0.1, 0.15) is 93.7 Å². The Hall–Kier alpha value is -2.18. The summed E-state index contributed by atoms with van der Waals surface area (Å²) in [7, 11) is -12.5. The van der Waals surface area contributed by atoms with Crippen molar-refractivity contribution in [3.63, 3.8) is 0 Å². The molecule has 3 rings (SSSR count). The molecule has 0 aliphatic rings. The largest absolute Gasteiger partial charge is 0.294 e. The fourth-order valence-corrected chi connectivity index (χ4v) is 10.00. The maximum absolute atomic E-state index is 11.2. The molecule has 0 atom stereocenters. The second-order valence-electron chi connectivity index (χ2n) is 12.7. The zero-order valence-electron chi connectivity index (χ0n) is 28.1. The van der Waals surface area contributed by atoms with E-state index in [1.54, 1.807) is 36.4 Å². The summed E-state index contributed by atoms with van der Waals surface area (Å²) in [5.74, 6) is 0. The first kappa shape index (κ1) is 41.2. The van der Waals surface area contributed by atoms with Crippen molar-refractivity contribution in [1.29, 1.82) is 0 Å². The molecular formula is C36H51O9PS3. The molecule has 0 amide bonds. The quantitative estimate of drug-likeness (QED) is 0.0462. The molecule has 0 heterocycles. The molecule has 49 heavy (non-hydrogen) atoms. The summed E-state index contributed by atoms with van der Waals surface area (Å²) in [5, 5.41) is 0. The zero-order valence-corrected chi connectivity index (χ0v) is 31.5. The van der Waals surface area contributed by atoms with Gasteiger partial charge >= 0.3 is 0 Å². The minimum absolute atomic E-state index is 0.0411. The molecular weight excluding hydrogens is 704 g/mol. The Balaban J connectivity index is 1.35. The molecule has 3 aromatic carbocycles. The van der Waals surface area contributed by atoms with E-state index in [1.165, 1.54) is 93.4 Å². The third kappa shape index (κ3) is 16.6. The highest BCUT2D eigenvalue weighted by Gasteiger charge is 2.12. The van der Waals surface area contributed by atoms with Gasteiger partial charge in [-0.2, -0.15) is 25.3 Å². The van der Waals surface area contributed by atoms with Crippen molar-refractivity contribution in [2.45, 2.75) is 111 Å². The van der Waals surface area contributed by atoms with Crippen LogP contribution in [0.5, 0.6) is 0 Å². The molecule has 0 aliphatic heterocycles. The minimum atomic E-state index is -4.16. The molecule has 272 valence electrons. The van der Waals surface area contributed by atoms with Crippen LogP contribution in [0.15, 0.2) is 87.5 Å². The van der Waals surface area contributed by atoms with E-state index in [0.717, 1.165) is 74.5 Å². The normalized spacial score (nSPS) is 12.5. The molecule has 0 radical (unpaired) electrons. The standard InChI is InChI=1S/C36H51O9PS3/c37-47(38,39)34-22-16-31(17-23-34)13-7-1-4-10-28-46(29-11-5-2-8-14-32-18-24-35(25-19-32)48(40,41)42)30-12-6-3-9-15-33-20-26-36(27-21-33)49(43,44)45/h16-27H,1-15,28-30H2,(H,37,38,39)(H,40,41,42)(H,43,44,45).